The molecule has 1 saturated heterocycles. The molecule has 1 N–H and O–H groups in total. The number of hydrogen-bond acceptors (Lipinski definition) is 4. The average molecular weight is 363 g/mol. The summed E-state index contributed by atoms with van der Waals surface area (Å²) in [6.07, 6.45) is 0. The van der Waals surface area contributed by atoms with Crippen LogP contribution in [0.3, 0.4) is 0 Å². The molecule has 1 fully saturated rings. The van der Waals surface area contributed by atoms with Crippen LogP contribution in [0.5, 0.6) is 5.75 Å². The van der Waals surface area contributed by atoms with Crippen LogP contribution in [0.1, 0.15) is 13.8 Å². The third-order valence-electron chi connectivity index (χ3n) is 3.44. The normalized spacial score (nSPS) is 24.6. The van der Waals surface area contributed by atoms with Crippen molar-refractivity contribution in [2.75, 3.05) is 20.2 Å². The van der Waals surface area contributed by atoms with Gasteiger partial charge >= 0.3 is 0 Å². The van der Waals surface area contributed by atoms with Crippen molar-refractivity contribution in [3.8, 4) is 5.75 Å². The van der Waals surface area contributed by atoms with E-state index in [-0.39, 0.29) is 17.0 Å². The smallest absolute Gasteiger partial charge is 0.243 e. The molecule has 1 aromatic carbocycles. The number of rotatable bonds is 3. The maximum absolute atomic E-state index is 12.7. The molecule has 0 bridgehead atoms. The van der Waals surface area contributed by atoms with Gasteiger partial charge in [-0.2, -0.15) is 4.31 Å². The monoisotopic (exact) mass is 362 g/mol. The van der Waals surface area contributed by atoms with Crippen LogP contribution in [0, 0.1) is 0 Å². The van der Waals surface area contributed by atoms with Crippen LogP contribution in [0.15, 0.2) is 27.6 Å². The average Bonchev–Trinajstić information content (AvgIpc) is 2.41. The number of piperazine rings is 1. The van der Waals surface area contributed by atoms with Gasteiger partial charge in [0.1, 0.15) is 5.75 Å². The fourth-order valence-corrected chi connectivity index (χ4v) is 4.70. The van der Waals surface area contributed by atoms with Crippen molar-refractivity contribution in [2.45, 2.75) is 30.8 Å². The number of benzene rings is 1. The number of nitrogens with one attached hydrogen (secondary N) is 1. The van der Waals surface area contributed by atoms with E-state index in [1.54, 1.807) is 29.6 Å². The van der Waals surface area contributed by atoms with E-state index in [9.17, 15) is 8.42 Å². The highest BCUT2D eigenvalue weighted by Gasteiger charge is 2.33. The predicted octanol–water partition coefficient (Wildman–Crippen LogP) is 1.83. The summed E-state index contributed by atoms with van der Waals surface area (Å²) in [5, 5.41) is 3.28. The van der Waals surface area contributed by atoms with E-state index in [0.717, 1.165) is 0 Å². The van der Waals surface area contributed by atoms with Crippen molar-refractivity contribution in [3.63, 3.8) is 0 Å². The van der Waals surface area contributed by atoms with Crippen LogP contribution in [0.4, 0.5) is 0 Å². The van der Waals surface area contributed by atoms with Gasteiger partial charge in [-0.15, -0.1) is 0 Å². The summed E-state index contributed by atoms with van der Waals surface area (Å²) < 4.78 is 32.8. The molecule has 2 unspecified atom stereocenters. The summed E-state index contributed by atoms with van der Waals surface area (Å²) in [4.78, 5) is 0.283. The van der Waals surface area contributed by atoms with E-state index >= 15 is 0 Å². The lowest BCUT2D eigenvalue weighted by Gasteiger charge is -2.36. The highest BCUT2D eigenvalue weighted by atomic mass is 79.9. The third-order valence-corrected chi connectivity index (χ3v) is 6.03. The van der Waals surface area contributed by atoms with Gasteiger partial charge in [-0.25, -0.2) is 8.42 Å². The number of halogens is 1. The van der Waals surface area contributed by atoms with Crippen LogP contribution in [-0.2, 0) is 10.0 Å². The Kier molecular flexibility index (Phi) is 4.73. The SMILES string of the molecule is COc1ccc(S(=O)(=O)N2CC(C)NCC2C)cc1Br. The summed E-state index contributed by atoms with van der Waals surface area (Å²) in [6.45, 7) is 5.04. The lowest BCUT2D eigenvalue weighted by molar-refractivity contribution is 0.244. The minimum absolute atomic E-state index is 0.0583. The Labute approximate surface area is 128 Å². The number of methoxy groups -OCH3 is 1. The van der Waals surface area contributed by atoms with Crippen molar-refractivity contribution in [1.82, 2.24) is 9.62 Å². The first-order valence-electron chi connectivity index (χ1n) is 6.45. The van der Waals surface area contributed by atoms with Crippen molar-refractivity contribution < 1.29 is 13.2 Å². The molecule has 1 aromatic rings. The standard InChI is InChI=1S/C13H19BrN2O3S/c1-9-8-16(10(2)7-15-9)20(17,18)11-4-5-13(19-3)12(14)6-11/h4-6,9-10,15H,7-8H2,1-3H3. The van der Waals surface area contributed by atoms with Gasteiger partial charge in [0, 0.05) is 25.2 Å². The van der Waals surface area contributed by atoms with Gasteiger partial charge in [-0.3, -0.25) is 0 Å². The van der Waals surface area contributed by atoms with Crippen LogP contribution in [0.25, 0.3) is 0 Å². The van der Waals surface area contributed by atoms with E-state index in [1.807, 2.05) is 13.8 Å². The van der Waals surface area contributed by atoms with Crippen molar-refractivity contribution >= 4 is 26.0 Å². The molecule has 1 heterocycles. The molecule has 0 aliphatic carbocycles. The first-order valence-corrected chi connectivity index (χ1v) is 8.68. The Morgan fingerprint density at radius 1 is 1.40 bits per heavy atom. The minimum atomic E-state index is -3.48. The molecule has 0 radical (unpaired) electrons. The van der Waals surface area contributed by atoms with E-state index < -0.39 is 10.0 Å². The zero-order valence-electron chi connectivity index (χ0n) is 11.8. The molecule has 0 aromatic heterocycles. The van der Waals surface area contributed by atoms with Crippen LogP contribution in [0.2, 0.25) is 0 Å². The molecule has 1 aliphatic heterocycles. The maximum atomic E-state index is 12.7. The van der Waals surface area contributed by atoms with Gasteiger partial charge < -0.3 is 10.1 Å². The van der Waals surface area contributed by atoms with Gasteiger partial charge in [-0.1, -0.05) is 0 Å². The van der Waals surface area contributed by atoms with Gasteiger partial charge in [0.15, 0.2) is 0 Å². The highest BCUT2D eigenvalue weighted by Crippen LogP contribution is 2.29. The highest BCUT2D eigenvalue weighted by molar-refractivity contribution is 9.10. The van der Waals surface area contributed by atoms with Gasteiger partial charge in [-0.05, 0) is 48.0 Å². The van der Waals surface area contributed by atoms with Crippen LogP contribution in [-0.4, -0.2) is 45.0 Å². The molecule has 2 atom stereocenters. The molecule has 0 saturated carbocycles. The molecule has 112 valence electrons. The molecule has 20 heavy (non-hydrogen) atoms. The zero-order chi connectivity index (χ0) is 14.9. The van der Waals surface area contributed by atoms with E-state index in [1.165, 1.54) is 0 Å². The van der Waals surface area contributed by atoms with Gasteiger partial charge in [0.05, 0.1) is 16.5 Å². The Hall–Kier alpha value is -0.630. The molecule has 1 aliphatic rings. The lowest BCUT2D eigenvalue weighted by atomic mass is 10.2. The van der Waals surface area contributed by atoms with Gasteiger partial charge in [0.2, 0.25) is 10.0 Å². The zero-order valence-corrected chi connectivity index (χ0v) is 14.2. The van der Waals surface area contributed by atoms with Crippen LogP contribution < -0.4 is 10.1 Å². The molecule has 5 nitrogen and oxygen atoms in total. The number of sulfonamides is 1. The third kappa shape index (κ3) is 3.00. The lowest BCUT2D eigenvalue weighted by Crippen LogP contribution is -2.56. The molecular formula is C13H19BrN2O3S. The number of hydrogen-bond donors (Lipinski definition) is 1. The number of ether oxygens (including phenoxy) is 1. The predicted molar refractivity (Wildman–Crippen MR) is 81.5 cm³/mol. The molecule has 7 heteroatoms. The van der Waals surface area contributed by atoms with Crippen molar-refractivity contribution in [1.29, 1.82) is 0 Å². The second kappa shape index (κ2) is 6.01. The van der Waals surface area contributed by atoms with E-state index in [4.69, 9.17) is 4.74 Å². The fourth-order valence-electron chi connectivity index (χ4n) is 2.27. The van der Waals surface area contributed by atoms with Gasteiger partial charge in [0.25, 0.3) is 0 Å². The topological polar surface area (TPSA) is 58.6 Å². The Morgan fingerprint density at radius 3 is 2.70 bits per heavy atom. The molecule has 2 rings (SSSR count). The molecule has 0 amide bonds. The summed E-state index contributed by atoms with van der Waals surface area (Å²) in [5.41, 5.74) is 0. The largest absolute Gasteiger partial charge is 0.496 e. The Balaban J connectivity index is 2.36. The first kappa shape index (κ1) is 15.8. The van der Waals surface area contributed by atoms with Crippen molar-refractivity contribution in [3.05, 3.63) is 22.7 Å². The quantitative estimate of drug-likeness (QED) is 0.890. The van der Waals surface area contributed by atoms with E-state index in [2.05, 4.69) is 21.2 Å². The minimum Gasteiger partial charge on any atom is -0.496 e. The Morgan fingerprint density at radius 2 is 2.10 bits per heavy atom. The second-order valence-electron chi connectivity index (χ2n) is 5.03. The summed E-state index contributed by atoms with van der Waals surface area (Å²) in [6, 6.07) is 4.93. The molecule has 0 spiro atoms. The van der Waals surface area contributed by atoms with Crippen molar-refractivity contribution in [2.24, 2.45) is 0 Å². The maximum Gasteiger partial charge on any atom is 0.243 e. The summed E-state index contributed by atoms with van der Waals surface area (Å²) >= 11 is 3.33. The fraction of sp³-hybridized carbons (Fsp3) is 0.538. The number of nitrogens with zero attached hydrogens (tertiary/aromatic N) is 1. The summed E-state index contributed by atoms with van der Waals surface area (Å²) in [5.74, 6) is 0.616. The summed E-state index contributed by atoms with van der Waals surface area (Å²) in [7, 11) is -1.93. The van der Waals surface area contributed by atoms with Crippen LogP contribution >= 0.6 is 15.9 Å². The second-order valence-corrected chi connectivity index (χ2v) is 7.77. The molecular weight excluding hydrogens is 344 g/mol. The first-order chi connectivity index (χ1) is 9.36. The Bertz CT molecular complexity index is 591. The van der Waals surface area contributed by atoms with E-state index in [0.29, 0.717) is 23.3 Å².